The molecular weight excluding hydrogens is 312 g/mol. The standard InChI is InChI=1S/C18H27ClN2S/c1-12-5-8-15(11-16(12)19)21-17(22)20-14-9-6-13(7-10-14)18(2,3)4/h5,8,11,13-14H,6-7,9-10H2,1-4H3,(H2,20,21,22). The molecule has 1 fully saturated rings. The molecule has 22 heavy (non-hydrogen) atoms. The summed E-state index contributed by atoms with van der Waals surface area (Å²) in [6.07, 6.45) is 4.94. The predicted molar refractivity (Wildman–Crippen MR) is 101 cm³/mol. The predicted octanol–water partition coefficient (Wildman–Crippen LogP) is 5.54. The van der Waals surface area contributed by atoms with Gasteiger partial charge in [0.15, 0.2) is 5.11 Å². The van der Waals surface area contributed by atoms with Gasteiger partial charge in [-0.15, -0.1) is 0 Å². The Morgan fingerprint density at radius 2 is 1.82 bits per heavy atom. The quantitative estimate of drug-likeness (QED) is 0.692. The second kappa shape index (κ2) is 7.18. The lowest BCUT2D eigenvalue weighted by Gasteiger charge is -2.37. The smallest absolute Gasteiger partial charge is 0.170 e. The van der Waals surface area contributed by atoms with Gasteiger partial charge in [0.25, 0.3) is 0 Å². The number of aryl methyl sites for hydroxylation is 1. The van der Waals surface area contributed by atoms with Crippen molar-refractivity contribution in [3.8, 4) is 0 Å². The highest BCUT2D eigenvalue weighted by atomic mass is 35.5. The molecular formula is C18H27ClN2S. The van der Waals surface area contributed by atoms with E-state index in [0.717, 1.165) is 22.2 Å². The molecule has 0 saturated heterocycles. The monoisotopic (exact) mass is 338 g/mol. The van der Waals surface area contributed by atoms with Gasteiger partial charge in [-0.2, -0.15) is 0 Å². The molecule has 0 spiro atoms. The van der Waals surface area contributed by atoms with Crippen molar-refractivity contribution in [2.24, 2.45) is 11.3 Å². The number of anilines is 1. The lowest BCUT2D eigenvalue weighted by Crippen LogP contribution is -2.41. The third kappa shape index (κ3) is 4.85. The summed E-state index contributed by atoms with van der Waals surface area (Å²) in [4.78, 5) is 0. The molecule has 1 aromatic rings. The maximum Gasteiger partial charge on any atom is 0.170 e. The maximum absolute atomic E-state index is 6.14. The van der Waals surface area contributed by atoms with Gasteiger partial charge < -0.3 is 10.6 Å². The second-order valence-electron chi connectivity index (χ2n) is 7.48. The Labute approximate surface area is 145 Å². The summed E-state index contributed by atoms with van der Waals surface area (Å²) in [5.74, 6) is 0.822. The first-order valence-corrected chi connectivity index (χ1v) is 8.88. The van der Waals surface area contributed by atoms with Gasteiger partial charge in [-0.25, -0.2) is 0 Å². The lowest BCUT2D eigenvalue weighted by molar-refractivity contribution is 0.166. The molecule has 0 atom stereocenters. The number of rotatable bonds is 2. The van der Waals surface area contributed by atoms with Crippen molar-refractivity contribution in [2.75, 3.05) is 5.32 Å². The van der Waals surface area contributed by atoms with Gasteiger partial charge in [-0.3, -0.25) is 0 Å². The Hall–Kier alpha value is -0.800. The number of hydrogen-bond donors (Lipinski definition) is 2. The molecule has 122 valence electrons. The van der Waals surface area contributed by atoms with Crippen molar-refractivity contribution in [3.63, 3.8) is 0 Å². The maximum atomic E-state index is 6.14. The number of nitrogens with one attached hydrogen (secondary N) is 2. The van der Waals surface area contributed by atoms with Crippen LogP contribution >= 0.6 is 23.8 Å². The van der Waals surface area contributed by atoms with Crippen LogP contribution in [0.4, 0.5) is 5.69 Å². The first-order valence-electron chi connectivity index (χ1n) is 8.09. The summed E-state index contributed by atoms with van der Waals surface area (Å²) >= 11 is 11.6. The van der Waals surface area contributed by atoms with Crippen LogP contribution in [-0.2, 0) is 0 Å². The third-order valence-corrected chi connectivity index (χ3v) is 5.34. The minimum absolute atomic E-state index is 0.419. The van der Waals surface area contributed by atoms with Gasteiger partial charge in [-0.05, 0) is 73.9 Å². The fourth-order valence-electron chi connectivity index (χ4n) is 3.13. The molecule has 0 unspecified atom stereocenters. The molecule has 0 amide bonds. The minimum atomic E-state index is 0.419. The molecule has 0 aliphatic heterocycles. The summed E-state index contributed by atoms with van der Waals surface area (Å²) in [5.41, 5.74) is 2.44. The van der Waals surface area contributed by atoms with Crippen molar-refractivity contribution in [3.05, 3.63) is 28.8 Å². The molecule has 2 rings (SSSR count). The summed E-state index contributed by atoms with van der Waals surface area (Å²) in [6.45, 7) is 9.03. The van der Waals surface area contributed by atoms with Gasteiger partial charge in [0.1, 0.15) is 0 Å². The fourth-order valence-corrected chi connectivity index (χ4v) is 3.59. The molecule has 1 aromatic carbocycles. The average Bonchev–Trinajstić information content (AvgIpc) is 2.42. The van der Waals surface area contributed by atoms with Crippen LogP contribution in [0.5, 0.6) is 0 Å². The van der Waals surface area contributed by atoms with Gasteiger partial charge in [-0.1, -0.05) is 38.4 Å². The zero-order chi connectivity index (χ0) is 16.3. The molecule has 0 heterocycles. The van der Waals surface area contributed by atoms with E-state index in [1.54, 1.807) is 0 Å². The normalized spacial score (nSPS) is 22.2. The van der Waals surface area contributed by atoms with Crippen LogP contribution in [0.3, 0.4) is 0 Å². The molecule has 4 heteroatoms. The Morgan fingerprint density at radius 3 is 2.36 bits per heavy atom. The summed E-state index contributed by atoms with van der Waals surface area (Å²) in [5, 5.41) is 8.14. The van der Waals surface area contributed by atoms with E-state index in [0.29, 0.717) is 16.6 Å². The molecule has 2 nitrogen and oxygen atoms in total. The fraction of sp³-hybridized carbons (Fsp3) is 0.611. The third-order valence-electron chi connectivity index (χ3n) is 4.72. The van der Waals surface area contributed by atoms with Crippen LogP contribution in [0.25, 0.3) is 0 Å². The van der Waals surface area contributed by atoms with E-state index in [2.05, 4.69) is 31.4 Å². The molecule has 1 aliphatic rings. The van der Waals surface area contributed by atoms with E-state index in [1.165, 1.54) is 25.7 Å². The molecule has 0 bridgehead atoms. The zero-order valence-electron chi connectivity index (χ0n) is 14.0. The van der Waals surface area contributed by atoms with Gasteiger partial charge >= 0.3 is 0 Å². The SMILES string of the molecule is Cc1ccc(NC(=S)NC2CCC(C(C)(C)C)CC2)cc1Cl. The van der Waals surface area contributed by atoms with Crippen LogP contribution in [0.2, 0.25) is 5.02 Å². The summed E-state index contributed by atoms with van der Waals surface area (Å²) in [6, 6.07) is 6.41. The molecule has 2 N–H and O–H groups in total. The summed E-state index contributed by atoms with van der Waals surface area (Å²) in [7, 11) is 0. The molecule has 1 saturated carbocycles. The zero-order valence-corrected chi connectivity index (χ0v) is 15.6. The Bertz CT molecular complexity index is 528. The van der Waals surface area contributed by atoms with Gasteiger partial charge in [0, 0.05) is 16.8 Å². The van der Waals surface area contributed by atoms with Crippen molar-refractivity contribution >= 4 is 34.6 Å². The van der Waals surface area contributed by atoms with E-state index in [9.17, 15) is 0 Å². The minimum Gasteiger partial charge on any atom is -0.360 e. The van der Waals surface area contributed by atoms with Crippen molar-refractivity contribution in [2.45, 2.75) is 59.4 Å². The van der Waals surface area contributed by atoms with Crippen LogP contribution in [0, 0.1) is 18.3 Å². The van der Waals surface area contributed by atoms with E-state index >= 15 is 0 Å². The summed E-state index contributed by atoms with van der Waals surface area (Å²) < 4.78 is 0. The van der Waals surface area contributed by atoms with Gasteiger partial charge in [0.05, 0.1) is 0 Å². The first-order chi connectivity index (χ1) is 10.3. The number of halogens is 1. The van der Waals surface area contributed by atoms with E-state index in [4.69, 9.17) is 23.8 Å². The Kier molecular flexibility index (Phi) is 5.73. The Balaban J connectivity index is 1.82. The average molecular weight is 339 g/mol. The highest BCUT2D eigenvalue weighted by molar-refractivity contribution is 7.80. The molecule has 0 aromatic heterocycles. The van der Waals surface area contributed by atoms with Crippen molar-refractivity contribution in [1.82, 2.24) is 5.32 Å². The van der Waals surface area contributed by atoms with Gasteiger partial charge in [0.2, 0.25) is 0 Å². The lowest BCUT2D eigenvalue weighted by atomic mass is 9.71. The van der Waals surface area contributed by atoms with Crippen LogP contribution < -0.4 is 10.6 Å². The number of hydrogen-bond acceptors (Lipinski definition) is 1. The topological polar surface area (TPSA) is 24.1 Å². The number of benzene rings is 1. The molecule has 0 radical (unpaired) electrons. The highest BCUT2D eigenvalue weighted by Crippen LogP contribution is 2.37. The first kappa shape index (κ1) is 17.6. The largest absolute Gasteiger partial charge is 0.360 e. The van der Waals surface area contributed by atoms with Crippen molar-refractivity contribution < 1.29 is 0 Å². The Morgan fingerprint density at radius 1 is 1.18 bits per heavy atom. The van der Waals surface area contributed by atoms with Crippen LogP contribution in [0.15, 0.2) is 18.2 Å². The van der Waals surface area contributed by atoms with E-state index in [1.807, 2.05) is 25.1 Å². The molecule has 1 aliphatic carbocycles. The van der Waals surface area contributed by atoms with Crippen LogP contribution in [0.1, 0.15) is 52.0 Å². The van der Waals surface area contributed by atoms with E-state index < -0.39 is 0 Å². The van der Waals surface area contributed by atoms with E-state index in [-0.39, 0.29) is 0 Å². The van der Waals surface area contributed by atoms with Crippen molar-refractivity contribution in [1.29, 1.82) is 0 Å². The number of thiocarbonyl (C=S) groups is 1. The second-order valence-corrected chi connectivity index (χ2v) is 8.29. The van der Waals surface area contributed by atoms with Crippen LogP contribution in [-0.4, -0.2) is 11.2 Å². The highest BCUT2D eigenvalue weighted by Gasteiger charge is 2.29.